The van der Waals surface area contributed by atoms with Gasteiger partial charge in [-0.1, -0.05) is 24.3 Å². The van der Waals surface area contributed by atoms with Crippen LogP contribution in [0.15, 0.2) is 42.6 Å². The first-order chi connectivity index (χ1) is 9.28. The molecule has 19 heavy (non-hydrogen) atoms. The Morgan fingerprint density at radius 3 is 2.95 bits per heavy atom. The molecule has 0 amide bonds. The fourth-order valence-electron chi connectivity index (χ4n) is 2.94. The first-order valence-corrected chi connectivity index (χ1v) is 6.74. The molecule has 1 aromatic carbocycles. The van der Waals surface area contributed by atoms with Gasteiger partial charge in [0, 0.05) is 17.9 Å². The van der Waals surface area contributed by atoms with E-state index in [4.69, 9.17) is 5.84 Å². The van der Waals surface area contributed by atoms with Crippen LogP contribution >= 0.6 is 0 Å². The standard InChI is InChI=1S/C16H19N3/c1-11-8-13(6-7-18-11)16(19-17)10-14-9-12-4-2-3-5-15(12)14/h2-8,14,16,19H,9-10,17H2,1H3. The highest BCUT2D eigenvalue weighted by atomic mass is 15.2. The molecule has 98 valence electrons. The monoisotopic (exact) mass is 253 g/mol. The number of nitrogens with two attached hydrogens (primary N) is 1. The van der Waals surface area contributed by atoms with Gasteiger partial charge in [0.05, 0.1) is 0 Å². The molecule has 2 unspecified atom stereocenters. The van der Waals surface area contributed by atoms with Crippen LogP contribution in [0.2, 0.25) is 0 Å². The summed E-state index contributed by atoms with van der Waals surface area (Å²) < 4.78 is 0. The minimum absolute atomic E-state index is 0.194. The molecular formula is C16H19N3. The van der Waals surface area contributed by atoms with Gasteiger partial charge in [0.1, 0.15) is 0 Å². The smallest absolute Gasteiger partial charge is 0.0467 e. The molecule has 1 heterocycles. The maximum absolute atomic E-state index is 5.73. The number of pyridine rings is 1. The third kappa shape index (κ3) is 2.39. The zero-order valence-corrected chi connectivity index (χ0v) is 11.1. The molecule has 0 spiro atoms. The van der Waals surface area contributed by atoms with E-state index in [-0.39, 0.29) is 6.04 Å². The Morgan fingerprint density at radius 2 is 2.21 bits per heavy atom. The van der Waals surface area contributed by atoms with Crippen LogP contribution in [-0.4, -0.2) is 4.98 Å². The van der Waals surface area contributed by atoms with Gasteiger partial charge in [-0.25, -0.2) is 0 Å². The molecule has 0 fully saturated rings. The number of hydrazine groups is 1. The van der Waals surface area contributed by atoms with Gasteiger partial charge in [0.2, 0.25) is 0 Å². The molecule has 2 atom stereocenters. The quantitative estimate of drug-likeness (QED) is 0.650. The van der Waals surface area contributed by atoms with E-state index < -0.39 is 0 Å². The number of benzene rings is 1. The summed E-state index contributed by atoms with van der Waals surface area (Å²) in [5, 5.41) is 0. The van der Waals surface area contributed by atoms with E-state index in [1.807, 2.05) is 19.2 Å². The van der Waals surface area contributed by atoms with Crippen molar-refractivity contribution < 1.29 is 0 Å². The van der Waals surface area contributed by atoms with E-state index in [2.05, 4.69) is 40.7 Å². The molecule has 3 nitrogen and oxygen atoms in total. The summed E-state index contributed by atoms with van der Waals surface area (Å²) in [5.74, 6) is 6.35. The van der Waals surface area contributed by atoms with Crippen molar-refractivity contribution in [1.29, 1.82) is 0 Å². The summed E-state index contributed by atoms with van der Waals surface area (Å²) in [4.78, 5) is 4.24. The van der Waals surface area contributed by atoms with Gasteiger partial charge in [-0.15, -0.1) is 0 Å². The molecule has 1 aliphatic carbocycles. The number of hydrogen-bond donors (Lipinski definition) is 2. The minimum Gasteiger partial charge on any atom is -0.271 e. The molecule has 0 bridgehead atoms. The predicted octanol–water partition coefficient (Wildman–Crippen LogP) is 2.62. The second-order valence-electron chi connectivity index (χ2n) is 5.29. The molecule has 0 aliphatic heterocycles. The zero-order valence-electron chi connectivity index (χ0n) is 11.1. The first-order valence-electron chi connectivity index (χ1n) is 6.74. The van der Waals surface area contributed by atoms with Crippen molar-refractivity contribution in [3.8, 4) is 0 Å². The van der Waals surface area contributed by atoms with E-state index in [1.54, 1.807) is 0 Å². The van der Waals surface area contributed by atoms with Crippen LogP contribution < -0.4 is 11.3 Å². The first kappa shape index (κ1) is 12.3. The number of nitrogens with one attached hydrogen (secondary N) is 1. The molecule has 0 radical (unpaired) electrons. The van der Waals surface area contributed by atoms with Gasteiger partial charge in [0.25, 0.3) is 0 Å². The van der Waals surface area contributed by atoms with Crippen LogP contribution in [0.3, 0.4) is 0 Å². The lowest BCUT2D eigenvalue weighted by Gasteiger charge is -2.33. The second kappa shape index (κ2) is 5.11. The van der Waals surface area contributed by atoms with Crippen molar-refractivity contribution >= 4 is 0 Å². The number of rotatable bonds is 4. The summed E-state index contributed by atoms with van der Waals surface area (Å²) in [6.07, 6.45) is 4.05. The SMILES string of the molecule is Cc1cc(C(CC2Cc3ccccc32)NN)ccn1. The Labute approximate surface area is 113 Å². The van der Waals surface area contributed by atoms with Crippen LogP contribution in [-0.2, 0) is 6.42 Å². The molecule has 3 N–H and O–H groups in total. The molecule has 0 saturated carbocycles. The predicted molar refractivity (Wildman–Crippen MR) is 76.5 cm³/mol. The zero-order chi connectivity index (χ0) is 13.2. The van der Waals surface area contributed by atoms with Crippen LogP contribution in [0, 0.1) is 6.92 Å². The molecule has 3 rings (SSSR count). The molecule has 3 heteroatoms. The van der Waals surface area contributed by atoms with Crippen molar-refractivity contribution in [2.24, 2.45) is 5.84 Å². The molecular weight excluding hydrogens is 234 g/mol. The van der Waals surface area contributed by atoms with Crippen LogP contribution in [0.1, 0.15) is 40.8 Å². The van der Waals surface area contributed by atoms with Gasteiger partial charge in [-0.05, 0) is 54.5 Å². The Bertz CT molecular complexity index is 580. The fraction of sp³-hybridized carbons (Fsp3) is 0.312. The summed E-state index contributed by atoms with van der Waals surface area (Å²) in [7, 11) is 0. The summed E-state index contributed by atoms with van der Waals surface area (Å²) in [6, 6.07) is 13.0. The van der Waals surface area contributed by atoms with E-state index >= 15 is 0 Å². The number of nitrogens with zero attached hydrogens (tertiary/aromatic N) is 1. The van der Waals surface area contributed by atoms with E-state index in [9.17, 15) is 0 Å². The number of aryl methyl sites for hydroxylation is 1. The molecule has 2 aromatic rings. The van der Waals surface area contributed by atoms with Gasteiger partial charge < -0.3 is 0 Å². The molecule has 0 saturated heterocycles. The maximum atomic E-state index is 5.73. The third-order valence-electron chi connectivity index (χ3n) is 4.01. The van der Waals surface area contributed by atoms with Crippen molar-refractivity contribution in [2.75, 3.05) is 0 Å². The second-order valence-corrected chi connectivity index (χ2v) is 5.29. The lowest BCUT2D eigenvalue weighted by molar-refractivity contribution is 0.435. The summed E-state index contributed by atoms with van der Waals surface area (Å²) >= 11 is 0. The number of aromatic nitrogens is 1. The highest BCUT2D eigenvalue weighted by Gasteiger charge is 2.28. The maximum Gasteiger partial charge on any atom is 0.0467 e. The average molecular weight is 253 g/mol. The van der Waals surface area contributed by atoms with Crippen molar-refractivity contribution in [2.45, 2.75) is 31.7 Å². The Morgan fingerprint density at radius 1 is 1.37 bits per heavy atom. The topological polar surface area (TPSA) is 50.9 Å². The minimum atomic E-state index is 0.194. The highest BCUT2D eigenvalue weighted by Crippen LogP contribution is 2.40. The highest BCUT2D eigenvalue weighted by molar-refractivity contribution is 5.40. The molecule has 1 aromatic heterocycles. The number of fused-ring (bicyclic) bond motifs is 1. The Hall–Kier alpha value is -1.71. The van der Waals surface area contributed by atoms with Crippen LogP contribution in [0.25, 0.3) is 0 Å². The van der Waals surface area contributed by atoms with Gasteiger partial charge in [0.15, 0.2) is 0 Å². The van der Waals surface area contributed by atoms with Crippen LogP contribution in [0.4, 0.5) is 0 Å². The third-order valence-corrected chi connectivity index (χ3v) is 4.01. The Kier molecular flexibility index (Phi) is 3.32. The van der Waals surface area contributed by atoms with Crippen molar-refractivity contribution in [3.63, 3.8) is 0 Å². The lowest BCUT2D eigenvalue weighted by atomic mass is 9.74. The average Bonchev–Trinajstić information content (AvgIpc) is 2.40. The van der Waals surface area contributed by atoms with E-state index in [1.165, 1.54) is 23.1 Å². The lowest BCUT2D eigenvalue weighted by Crippen LogP contribution is -2.31. The summed E-state index contributed by atoms with van der Waals surface area (Å²) in [5.41, 5.74) is 8.16. The molecule has 1 aliphatic rings. The summed E-state index contributed by atoms with van der Waals surface area (Å²) in [6.45, 7) is 2.01. The largest absolute Gasteiger partial charge is 0.271 e. The van der Waals surface area contributed by atoms with Gasteiger partial charge >= 0.3 is 0 Å². The van der Waals surface area contributed by atoms with Crippen molar-refractivity contribution in [3.05, 3.63) is 65.0 Å². The Balaban J connectivity index is 1.76. The van der Waals surface area contributed by atoms with E-state index in [0.717, 1.165) is 12.1 Å². The van der Waals surface area contributed by atoms with Crippen molar-refractivity contribution in [1.82, 2.24) is 10.4 Å². The fourth-order valence-corrected chi connectivity index (χ4v) is 2.94. The van der Waals surface area contributed by atoms with E-state index in [0.29, 0.717) is 5.92 Å². The van der Waals surface area contributed by atoms with Gasteiger partial charge in [-0.3, -0.25) is 16.3 Å². The van der Waals surface area contributed by atoms with Gasteiger partial charge in [-0.2, -0.15) is 0 Å². The normalized spacial score (nSPS) is 18.5. The number of hydrogen-bond acceptors (Lipinski definition) is 3. The van der Waals surface area contributed by atoms with Crippen LogP contribution in [0.5, 0.6) is 0 Å².